The van der Waals surface area contributed by atoms with Gasteiger partial charge in [0, 0.05) is 17.7 Å². The highest BCUT2D eigenvalue weighted by Crippen LogP contribution is 2.29. The van der Waals surface area contributed by atoms with Gasteiger partial charge in [-0.25, -0.2) is 5.43 Å². The van der Waals surface area contributed by atoms with E-state index in [9.17, 15) is 14.9 Å². The molecule has 0 fully saturated rings. The SMILES string of the molecule is COc1ccc(C(=O)N/N=C/c2ccc(OCc3ccc([N+](=O)[O-])cc3)c(OC)c2)cc1OC. The summed E-state index contributed by atoms with van der Waals surface area (Å²) in [6.07, 6.45) is 1.47. The van der Waals surface area contributed by atoms with Crippen LogP contribution in [0.5, 0.6) is 23.0 Å². The number of hydrogen-bond acceptors (Lipinski definition) is 8. The number of methoxy groups -OCH3 is 3. The zero-order chi connectivity index (χ0) is 24.5. The van der Waals surface area contributed by atoms with Gasteiger partial charge in [0.1, 0.15) is 6.61 Å². The Morgan fingerprint density at radius 3 is 2.21 bits per heavy atom. The Labute approximate surface area is 195 Å². The summed E-state index contributed by atoms with van der Waals surface area (Å²) in [5.74, 6) is 1.51. The van der Waals surface area contributed by atoms with Crippen LogP contribution in [0.3, 0.4) is 0 Å². The Hall–Kier alpha value is -4.60. The minimum absolute atomic E-state index is 0.0168. The van der Waals surface area contributed by atoms with Crippen molar-refractivity contribution >= 4 is 17.8 Å². The number of amides is 1. The van der Waals surface area contributed by atoms with Gasteiger partial charge in [0.15, 0.2) is 23.0 Å². The molecule has 0 bridgehead atoms. The number of ether oxygens (including phenoxy) is 4. The number of nitrogens with one attached hydrogen (secondary N) is 1. The molecule has 10 nitrogen and oxygen atoms in total. The average molecular weight is 465 g/mol. The molecule has 176 valence electrons. The number of hydrogen-bond donors (Lipinski definition) is 1. The van der Waals surface area contributed by atoms with Crippen LogP contribution in [-0.2, 0) is 6.61 Å². The second-order valence-electron chi connectivity index (χ2n) is 6.89. The summed E-state index contributed by atoms with van der Waals surface area (Å²) in [6, 6.07) is 16.1. The van der Waals surface area contributed by atoms with Crippen LogP contribution in [0.1, 0.15) is 21.5 Å². The van der Waals surface area contributed by atoms with Gasteiger partial charge >= 0.3 is 0 Å². The smallest absolute Gasteiger partial charge is 0.271 e. The zero-order valence-corrected chi connectivity index (χ0v) is 18.8. The normalized spacial score (nSPS) is 10.6. The van der Waals surface area contributed by atoms with Gasteiger partial charge in [0.05, 0.1) is 32.5 Å². The van der Waals surface area contributed by atoms with E-state index in [0.717, 1.165) is 5.56 Å². The molecule has 0 saturated heterocycles. The third-order valence-electron chi connectivity index (χ3n) is 4.75. The molecule has 0 spiro atoms. The highest BCUT2D eigenvalue weighted by Gasteiger charge is 2.11. The summed E-state index contributed by atoms with van der Waals surface area (Å²) in [4.78, 5) is 22.7. The second-order valence-corrected chi connectivity index (χ2v) is 6.89. The number of carbonyl (C=O) groups excluding carboxylic acids is 1. The Morgan fingerprint density at radius 1 is 0.912 bits per heavy atom. The number of nitro benzene ring substituents is 1. The highest BCUT2D eigenvalue weighted by molar-refractivity contribution is 5.95. The van der Waals surface area contributed by atoms with Crippen molar-refractivity contribution in [2.24, 2.45) is 5.10 Å². The number of non-ortho nitro benzene ring substituents is 1. The fraction of sp³-hybridized carbons (Fsp3) is 0.167. The van der Waals surface area contributed by atoms with E-state index in [1.54, 1.807) is 48.5 Å². The van der Waals surface area contributed by atoms with Gasteiger partial charge in [0.25, 0.3) is 11.6 Å². The molecular formula is C24H23N3O7. The predicted octanol–water partition coefficient (Wildman–Crippen LogP) is 3.96. The quantitative estimate of drug-likeness (QED) is 0.273. The van der Waals surface area contributed by atoms with Crippen LogP contribution in [0.2, 0.25) is 0 Å². The Bertz CT molecular complexity index is 1190. The Kier molecular flexibility index (Phi) is 8.01. The first-order valence-electron chi connectivity index (χ1n) is 10.0. The number of nitrogens with zero attached hydrogens (tertiary/aromatic N) is 2. The maximum absolute atomic E-state index is 12.4. The van der Waals surface area contributed by atoms with E-state index in [2.05, 4.69) is 10.5 Å². The van der Waals surface area contributed by atoms with Crippen LogP contribution in [0, 0.1) is 10.1 Å². The fourth-order valence-electron chi connectivity index (χ4n) is 2.97. The lowest BCUT2D eigenvalue weighted by molar-refractivity contribution is -0.384. The number of carbonyl (C=O) groups is 1. The lowest BCUT2D eigenvalue weighted by atomic mass is 10.2. The molecule has 3 rings (SSSR count). The molecule has 0 aliphatic rings. The van der Waals surface area contributed by atoms with Crippen LogP contribution in [0.25, 0.3) is 0 Å². The van der Waals surface area contributed by atoms with Crippen LogP contribution >= 0.6 is 0 Å². The van der Waals surface area contributed by atoms with Gasteiger partial charge in [0.2, 0.25) is 0 Å². The topological polar surface area (TPSA) is 122 Å². The molecule has 0 aliphatic heterocycles. The molecule has 0 aliphatic carbocycles. The maximum Gasteiger partial charge on any atom is 0.271 e. The summed E-state index contributed by atoms with van der Waals surface area (Å²) in [6.45, 7) is 0.211. The minimum Gasteiger partial charge on any atom is -0.493 e. The lowest BCUT2D eigenvalue weighted by Crippen LogP contribution is -2.17. The molecule has 10 heteroatoms. The molecule has 0 heterocycles. The van der Waals surface area contributed by atoms with Crippen molar-refractivity contribution in [1.82, 2.24) is 5.43 Å². The van der Waals surface area contributed by atoms with Crippen molar-refractivity contribution in [2.75, 3.05) is 21.3 Å². The van der Waals surface area contributed by atoms with Crippen LogP contribution in [0.15, 0.2) is 65.8 Å². The van der Waals surface area contributed by atoms with Crippen LogP contribution in [0.4, 0.5) is 5.69 Å². The molecule has 1 N–H and O–H groups in total. The van der Waals surface area contributed by atoms with Crippen molar-refractivity contribution in [1.29, 1.82) is 0 Å². The van der Waals surface area contributed by atoms with E-state index < -0.39 is 10.8 Å². The van der Waals surface area contributed by atoms with E-state index in [-0.39, 0.29) is 12.3 Å². The number of rotatable bonds is 10. The van der Waals surface area contributed by atoms with Gasteiger partial charge < -0.3 is 18.9 Å². The average Bonchev–Trinajstić information content (AvgIpc) is 2.87. The maximum atomic E-state index is 12.4. The van der Waals surface area contributed by atoms with Crippen molar-refractivity contribution in [3.05, 3.63) is 87.5 Å². The standard InChI is InChI=1S/C24H23N3O7/c1-31-20-11-7-18(13-23(20)33-3)24(28)26-25-14-17-6-10-21(22(12-17)32-2)34-15-16-4-8-19(9-5-16)27(29)30/h4-14H,15H2,1-3H3,(H,26,28)/b25-14+. The first-order chi connectivity index (χ1) is 16.4. The van der Waals surface area contributed by atoms with E-state index in [1.807, 2.05) is 0 Å². The Balaban J connectivity index is 1.62. The van der Waals surface area contributed by atoms with Gasteiger partial charge in [-0.05, 0) is 59.7 Å². The molecule has 3 aromatic rings. The van der Waals surface area contributed by atoms with E-state index >= 15 is 0 Å². The summed E-state index contributed by atoms with van der Waals surface area (Å²) in [5.41, 5.74) is 4.29. The van der Waals surface area contributed by atoms with Crippen LogP contribution in [-0.4, -0.2) is 38.4 Å². The molecule has 0 radical (unpaired) electrons. The fourth-order valence-corrected chi connectivity index (χ4v) is 2.97. The summed E-state index contributed by atoms with van der Waals surface area (Å²) in [5, 5.41) is 14.7. The predicted molar refractivity (Wildman–Crippen MR) is 125 cm³/mol. The van der Waals surface area contributed by atoms with E-state index in [4.69, 9.17) is 18.9 Å². The largest absolute Gasteiger partial charge is 0.493 e. The van der Waals surface area contributed by atoms with Crippen molar-refractivity contribution in [3.8, 4) is 23.0 Å². The van der Waals surface area contributed by atoms with Crippen molar-refractivity contribution in [3.63, 3.8) is 0 Å². The summed E-state index contributed by atoms with van der Waals surface area (Å²) >= 11 is 0. The van der Waals surface area contributed by atoms with Gasteiger partial charge in [-0.1, -0.05) is 0 Å². The summed E-state index contributed by atoms with van der Waals surface area (Å²) < 4.78 is 21.5. The summed E-state index contributed by atoms with van der Waals surface area (Å²) in [7, 11) is 4.51. The molecule has 3 aromatic carbocycles. The third kappa shape index (κ3) is 6.00. The Morgan fingerprint density at radius 2 is 1.56 bits per heavy atom. The molecule has 34 heavy (non-hydrogen) atoms. The lowest BCUT2D eigenvalue weighted by Gasteiger charge is -2.11. The van der Waals surface area contributed by atoms with Crippen LogP contribution < -0.4 is 24.4 Å². The van der Waals surface area contributed by atoms with Gasteiger partial charge in [-0.2, -0.15) is 5.10 Å². The molecule has 1 amide bonds. The molecule has 0 unspecified atom stereocenters. The molecular weight excluding hydrogens is 442 g/mol. The van der Waals surface area contributed by atoms with Crippen molar-refractivity contribution in [2.45, 2.75) is 6.61 Å². The molecule has 0 atom stereocenters. The van der Waals surface area contributed by atoms with Gasteiger partial charge in [-0.3, -0.25) is 14.9 Å². The minimum atomic E-state index is -0.454. The highest BCUT2D eigenvalue weighted by atomic mass is 16.6. The first kappa shape index (κ1) is 24.1. The van der Waals surface area contributed by atoms with Gasteiger partial charge in [-0.15, -0.1) is 0 Å². The first-order valence-corrected chi connectivity index (χ1v) is 10.0. The molecule has 0 aromatic heterocycles. The monoisotopic (exact) mass is 465 g/mol. The van der Waals surface area contributed by atoms with Crippen molar-refractivity contribution < 1.29 is 28.7 Å². The second kappa shape index (κ2) is 11.3. The number of nitro groups is 1. The third-order valence-corrected chi connectivity index (χ3v) is 4.75. The zero-order valence-electron chi connectivity index (χ0n) is 18.8. The van der Waals surface area contributed by atoms with E-state index in [1.165, 1.54) is 39.7 Å². The number of benzene rings is 3. The molecule has 0 saturated carbocycles. The van der Waals surface area contributed by atoms with E-state index in [0.29, 0.717) is 34.1 Å². The number of hydrazone groups is 1.